The van der Waals surface area contributed by atoms with Gasteiger partial charge < -0.3 is 24.2 Å². The van der Waals surface area contributed by atoms with E-state index in [4.69, 9.17) is 24.5 Å². The monoisotopic (exact) mass is 505 g/mol. The molecule has 184 valence electrons. The highest BCUT2D eigenvalue weighted by Gasteiger charge is 2.32. The number of carboxylic acid groups (broad SMARTS) is 2. The number of carboxylic acids is 2. The molecule has 5 rings (SSSR count). The van der Waals surface area contributed by atoms with E-state index < -0.39 is 11.9 Å². The van der Waals surface area contributed by atoms with Crippen molar-refractivity contribution in [1.29, 1.82) is 0 Å². The van der Waals surface area contributed by atoms with Crippen LogP contribution in [-0.2, 0) is 16.2 Å². The van der Waals surface area contributed by atoms with Gasteiger partial charge in [-0.1, -0.05) is 36.4 Å². The van der Waals surface area contributed by atoms with Gasteiger partial charge >= 0.3 is 11.9 Å². The van der Waals surface area contributed by atoms with Crippen LogP contribution in [0.5, 0.6) is 5.75 Å². The highest BCUT2D eigenvalue weighted by molar-refractivity contribution is 8.00. The second-order valence-electron chi connectivity index (χ2n) is 7.89. The summed E-state index contributed by atoms with van der Waals surface area (Å²) in [6, 6.07) is 19.8. The molecule has 1 aliphatic rings. The number of carbonyl (C=O) groups is 3. The summed E-state index contributed by atoms with van der Waals surface area (Å²) in [6.07, 6.45) is 5.41. The number of pyridine rings is 1. The van der Waals surface area contributed by atoms with E-state index in [0.29, 0.717) is 18.7 Å². The molecule has 2 aromatic heterocycles. The summed E-state index contributed by atoms with van der Waals surface area (Å²) >= 11 is 1.68. The normalized spacial score (nSPS) is 14.7. The molecule has 4 aromatic rings. The van der Waals surface area contributed by atoms with Crippen molar-refractivity contribution < 1.29 is 29.3 Å². The lowest BCUT2D eigenvalue weighted by Crippen LogP contribution is -2.22. The lowest BCUT2D eigenvalue weighted by molar-refractivity contribution is -0.159. The third-order valence-electron chi connectivity index (χ3n) is 5.48. The summed E-state index contributed by atoms with van der Waals surface area (Å²) in [4.78, 5) is 39.0. The number of ether oxygens (including phenoxy) is 1. The maximum absolute atomic E-state index is 13.4. The van der Waals surface area contributed by atoms with E-state index in [1.807, 2.05) is 73.1 Å². The molecule has 1 atom stereocenters. The first kappa shape index (κ1) is 24.8. The molecule has 0 aliphatic carbocycles. The Balaban J connectivity index is 0.000000455. The molecular weight excluding hydrogens is 482 g/mol. The molecule has 0 saturated carbocycles. The van der Waals surface area contributed by atoms with Crippen molar-refractivity contribution in [3.8, 4) is 5.75 Å². The standard InChI is InChI=1S/C24H21N3O2S.C2H2O4/c28-24(18-14-27(30-16-18)19-8-5-11-25-12-19)20-13-26-21-9-4-10-22(23(20)21)29-15-17-6-2-1-3-7-17;3-1(4)2(5)6/h1-13,18,26H,14-16H2;(H,3,4)(H,5,6). The molecule has 1 unspecified atom stereocenters. The molecule has 36 heavy (non-hydrogen) atoms. The molecular formula is C26H23N3O6S. The van der Waals surface area contributed by atoms with Gasteiger partial charge in [-0.05, 0) is 41.8 Å². The number of aliphatic carboxylic acids is 2. The molecule has 1 aliphatic heterocycles. The highest BCUT2D eigenvalue weighted by atomic mass is 32.2. The van der Waals surface area contributed by atoms with Crippen LogP contribution in [0.3, 0.4) is 0 Å². The van der Waals surface area contributed by atoms with Crippen LogP contribution in [0.2, 0.25) is 0 Å². The van der Waals surface area contributed by atoms with E-state index >= 15 is 0 Å². The van der Waals surface area contributed by atoms with Gasteiger partial charge in [-0.15, -0.1) is 0 Å². The molecule has 0 spiro atoms. The van der Waals surface area contributed by atoms with E-state index in [1.165, 1.54) is 0 Å². The largest absolute Gasteiger partial charge is 0.488 e. The second kappa shape index (κ2) is 11.4. The number of Topliss-reactive ketones (excluding diaryl/α,β-unsaturated/α-hetero) is 1. The Kier molecular flexibility index (Phi) is 7.86. The first-order valence-corrected chi connectivity index (χ1v) is 12.0. The summed E-state index contributed by atoms with van der Waals surface area (Å²) < 4.78 is 8.26. The van der Waals surface area contributed by atoms with E-state index in [1.54, 1.807) is 18.1 Å². The minimum Gasteiger partial charge on any atom is -0.488 e. The Morgan fingerprint density at radius 1 is 1.03 bits per heavy atom. The highest BCUT2D eigenvalue weighted by Crippen LogP contribution is 2.36. The number of fused-ring (bicyclic) bond motifs is 1. The zero-order chi connectivity index (χ0) is 25.5. The lowest BCUT2D eigenvalue weighted by Gasteiger charge is -2.16. The number of nitrogens with one attached hydrogen (secondary N) is 1. The van der Waals surface area contributed by atoms with Gasteiger partial charge in [0.15, 0.2) is 5.78 Å². The first-order chi connectivity index (χ1) is 17.4. The topological polar surface area (TPSA) is 133 Å². The maximum atomic E-state index is 13.4. The van der Waals surface area contributed by atoms with Gasteiger partial charge in [-0.2, -0.15) is 0 Å². The minimum absolute atomic E-state index is 0.0728. The van der Waals surface area contributed by atoms with E-state index in [2.05, 4.69) is 14.3 Å². The predicted molar refractivity (Wildman–Crippen MR) is 136 cm³/mol. The fourth-order valence-electron chi connectivity index (χ4n) is 3.75. The molecule has 0 amide bonds. The van der Waals surface area contributed by atoms with Crippen molar-refractivity contribution in [2.24, 2.45) is 5.92 Å². The minimum atomic E-state index is -1.82. The summed E-state index contributed by atoms with van der Waals surface area (Å²) in [6.45, 7) is 1.14. The third-order valence-corrected chi connectivity index (χ3v) is 6.70. The molecule has 10 heteroatoms. The van der Waals surface area contributed by atoms with E-state index in [9.17, 15) is 4.79 Å². The second-order valence-corrected chi connectivity index (χ2v) is 8.93. The van der Waals surface area contributed by atoms with Gasteiger partial charge in [0.25, 0.3) is 0 Å². The van der Waals surface area contributed by atoms with Gasteiger partial charge in [-0.3, -0.25) is 9.78 Å². The van der Waals surface area contributed by atoms with Crippen LogP contribution in [0.25, 0.3) is 10.9 Å². The molecule has 9 nitrogen and oxygen atoms in total. The van der Waals surface area contributed by atoms with Crippen molar-refractivity contribution in [1.82, 2.24) is 9.97 Å². The van der Waals surface area contributed by atoms with Crippen LogP contribution in [0, 0.1) is 5.92 Å². The molecule has 3 N–H and O–H groups in total. The number of aromatic amines is 1. The molecule has 1 saturated heterocycles. The van der Waals surface area contributed by atoms with Crippen LogP contribution in [0.4, 0.5) is 5.69 Å². The van der Waals surface area contributed by atoms with Crippen LogP contribution >= 0.6 is 11.9 Å². The molecule has 2 aromatic carbocycles. The fourth-order valence-corrected chi connectivity index (χ4v) is 4.91. The van der Waals surface area contributed by atoms with Crippen LogP contribution in [0.1, 0.15) is 15.9 Å². The Hall–Kier alpha value is -4.31. The molecule has 0 bridgehead atoms. The zero-order valence-corrected chi connectivity index (χ0v) is 19.9. The number of H-pyrrole nitrogens is 1. The zero-order valence-electron chi connectivity index (χ0n) is 19.0. The molecule has 3 heterocycles. The average Bonchev–Trinajstić information content (AvgIpc) is 3.57. The summed E-state index contributed by atoms with van der Waals surface area (Å²) in [5.74, 6) is -2.08. The van der Waals surface area contributed by atoms with Gasteiger partial charge in [0, 0.05) is 35.8 Å². The Morgan fingerprint density at radius 2 is 1.81 bits per heavy atom. The Morgan fingerprint density at radius 3 is 2.50 bits per heavy atom. The number of anilines is 1. The fraction of sp³-hybridized carbons (Fsp3) is 0.154. The Labute approximate surface area is 210 Å². The van der Waals surface area contributed by atoms with Gasteiger partial charge in [0.05, 0.1) is 23.2 Å². The van der Waals surface area contributed by atoms with Gasteiger partial charge in [-0.25, -0.2) is 9.59 Å². The number of hydrogen-bond donors (Lipinski definition) is 3. The lowest BCUT2D eigenvalue weighted by atomic mass is 9.98. The number of rotatable bonds is 6. The first-order valence-electron chi connectivity index (χ1n) is 11.0. The Bertz CT molecular complexity index is 1350. The van der Waals surface area contributed by atoms with E-state index in [0.717, 1.165) is 33.7 Å². The number of hydrogen-bond acceptors (Lipinski definition) is 7. The average molecular weight is 506 g/mol. The molecule has 1 fully saturated rings. The smallest absolute Gasteiger partial charge is 0.414 e. The van der Waals surface area contributed by atoms with E-state index in [-0.39, 0.29) is 11.7 Å². The SMILES string of the molecule is O=C(O)C(=O)O.O=C(c1c[nH]c2cccc(OCc3ccccc3)c12)C1CSN(c2cccnc2)C1. The summed E-state index contributed by atoms with van der Waals surface area (Å²) in [5.41, 5.74) is 3.74. The van der Waals surface area contributed by atoms with Gasteiger partial charge in [0.1, 0.15) is 12.4 Å². The number of ketones is 1. The summed E-state index contributed by atoms with van der Waals surface area (Å²) in [5, 5.41) is 15.6. The number of aromatic nitrogens is 2. The van der Waals surface area contributed by atoms with Crippen molar-refractivity contribution in [3.63, 3.8) is 0 Å². The van der Waals surface area contributed by atoms with Crippen LogP contribution in [-0.4, -0.2) is 50.2 Å². The van der Waals surface area contributed by atoms with Crippen molar-refractivity contribution in [3.05, 3.63) is 90.4 Å². The predicted octanol–water partition coefficient (Wildman–Crippen LogP) is 4.26. The van der Waals surface area contributed by atoms with Crippen LogP contribution < -0.4 is 9.04 Å². The van der Waals surface area contributed by atoms with Crippen LogP contribution in [0.15, 0.2) is 79.3 Å². The number of nitrogens with zero attached hydrogens (tertiary/aromatic N) is 2. The van der Waals surface area contributed by atoms with Crippen molar-refractivity contribution in [2.75, 3.05) is 16.6 Å². The molecule has 0 radical (unpaired) electrons. The number of benzene rings is 2. The summed E-state index contributed by atoms with van der Waals surface area (Å²) in [7, 11) is 0. The van der Waals surface area contributed by atoms with Crippen molar-refractivity contribution >= 4 is 46.3 Å². The maximum Gasteiger partial charge on any atom is 0.414 e. The third kappa shape index (κ3) is 5.84. The quantitative estimate of drug-likeness (QED) is 0.200. The van der Waals surface area contributed by atoms with Gasteiger partial charge in [0.2, 0.25) is 0 Å². The van der Waals surface area contributed by atoms with Crippen molar-refractivity contribution in [2.45, 2.75) is 6.61 Å². The number of carbonyl (C=O) groups excluding carboxylic acids is 1.